The summed E-state index contributed by atoms with van der Waals surface area (Å²) in [6.07, 6.45) is 12.1. The molecule has 0 radical (unpaired) electrons. The van der Waals surface area contributed by atoms with Gasteiger partial charge in [0.05, 0.1) is 11.9 Å². The van der Waals surface area contributed by atoms with Gasteiger partial charge in [-0.3, -0.25) is 4.79 Å². The van der Waals surface area contributed by atoms with E-state index in [-0.39, 0.29) is 41.5 Å². The maximum Gasteiger partial charge on any atom is 0.226 e. The first kappa shape index (κ1) is 22.9. The third kappa shape index (κ3) is 4.32. The van der Waals surface area contributed by atoms with Gasteiger partial charge in [0.15, 0.2) is 0 Å². The minimum absolute atomic E-state index is 0.0616. The Morgan fingerprint density at radius 1 is 1.12 bits per heavy atom. The topological polar surface area (TPSA) is 73.6 Å². The summed E-state index contributed by atoms with van der Waals surface area (Å²) >= 11 is 0. The van der Waals surface area contributed by atoms with Gasteiger partial charge in [0, 0.05) is 30.2 Å². The Balaban J connectivity index is 1.18. The van der Waals surface area contributed by atoms with Crippen LogP contribution in [-0.4, -0.2) is 37.3 Å². The molecule has 2 bridgehead atoms. The van der Waals surface area contributed by atoms with Crippen molar-refractivity contribution < 1.29 is 18.7 Å². The number of hydrogen-bond donors (Lipinski definition) is 2. The molecule has 1 aromatic carbocycles. The quantitative estimate of drug-likeness (QED) is 0.624. The maximum absolute atomic E-state index is 13.4. The van der Waals surface area contributed by atoms with Gasteiger partial charge in [-0.1, -0.05) is 12.1 Å². The Bertz CT molecular complexity index is 869. The van der Waals surface area contributed by atoms with Crippen LogP contribution in [0.4, 0.5) is 4.39 Å². The first-order chi connectivity index (χ1) is 16.0. The van der Waals surface area contributed by atoms with Crippen LogP contribution in [0.3, 0.4) is 0 Å². The van der Waals surface area contributed by atoms with Crippen LogP contribution in [0.2, 0.25) is 0 Å². The zero-order valence-corrected chi connectivity index (χ0v) is 19.5. The largest absolute Gasteiger partial charge is 0.489 e. The highest BCUT2D eigenvalue weighted by atomic mass is 19.1. The van der Waals surface area contributed by atoms with Gasteiger partial charge in [0.2, 0.25) is 5.91 Å². The first-order valence-corrected chi connectivity index (χ1v) is 12.7. The van der Waals surface area contributed by atoms with E-state index in [1.807, 2.05) is 12.1 Å². The van der Waals surface area contributed by atoms with Gasteiger partial charge in [-0.15, -0.1) is 0 Å². The Kier molecular flexibility index (Phi) is 6.25. The minimum Gasteiger partial charge on any atom is -0.489 e. The van der Waals surface area contributed by atoms with E-state index in [4.69, 9.17) is 15.2 Å². The number of carbonyl (C=O) groups excluding carboxylic acids is 1. The van der Waals surface area contributed by atoms with Crippen LogP contribution in [0.15, 0.2) is 36.2 Å². The molecule has 3 N–H and O–H groups in total. The fourth-order valence-corrected chi connectivity index (χ4v) is 6.58. The third-order valence-electron chi connectivity index (χ3n) is 9.13. The van der Waals surface area contributed by atoms with Gasteiger partial charge in [0.25, 0.3) is 0 Å². The lowest BCUT2D eigenvalue weighted by molar-refractivity contribution is -0.149. The molecule has 4 aliphatic carbocycles. The number of carbonyl (C=O) groups is 1. The van der Waals surface area contributed by atoms with Gasteiger partial charge in [-0.05, 0) is 93.7 Å². The van der Waals surface area contributed by atoms with Crippen LogP contribution < -0.4 is 15.8 Å². The minimum atomic E-state index is -0.187. The molecule has 1 aliphatic heterocycles. The molecular formula is C27H37FN2O3. The van der Waals surface area contributed by atoms with Crippen molar-refractivity contribution >= 4 is 5.91 Å². The predicted octanol–water partition coefficient (Wildman–Crippen LogP) is 4.69. The van der Waals surface area contributed by atoms with Gasteiger partial charge in [0.1, 0.15) is 12.4 Å². The number of ether oxygens (including phenoxy) is 2. The summed E-state index contributed by atoms with van der Waals surface area (Å²) in [5.74, 6) is 1.02. The molecule has 1 aromatic rings. The molecule has 5 aliphatic rings. The normalized spacial score (nSPS) is 32.9. The lowest BCUT2D eigenvalue weighted by Gasteiger charge is -2.53. The molecule has 4 saturated carbocycles. The number of nitrogens with one attached hydrogen (secondary N) is 1. The molecule has 1 heterocycles. The van der Waals surface area contributed by atoms with Crippen molar-refractivity contribution in [3.8, 4) is 5.75 Å². The SMILES string of the molecule is NC/C(=C\F)COc1ccc(C23CCC(C(=O)NC4CCOC5(CCC5)C4)(CC2)CC3)cc1. The molecule has 5 fully saturated rings. The van der Waals surface area contributed by atoms with E-state index >= 15 is 0 Å². The van der Waals surface area contributed by atoms with Crippen molar-refractivity contribution in [2.45, 2.75) is 87.7 Å². The Morgan fingerprint density at radius 2 is 1.82 bits per heavy atom. The van der Waals surface area contributed by atoms with E-state index < -0.39 is 0 Å². The molecule has 180 valence electrons. The van der Waals surface area contributed by atoms with E-state index in [9.17, 15) is 9.18 Å². The van der Waals surface area contributed by atoms with Crippen molar-refractivity contribution in [3.05, 3.63) is 41.7 Å². The molecule has 0 aromatic heterocycles. The van der Waals surface area contributed by atoms with E-state index in [0.29, 0.717) is 11.9 Å². The second kappa shape index (κ2) is 9.03. The van der Waals surface area contributed by atoms with Crippen molar-refractivity contribution in [2.75, 3.05) is 19.8 Å². The van der Waals surface area contributed by atoms with Crippen molar-refractivity contribution in [3.63, 3.8) is 0 Å². The molecule has 1 atom stereocenters. The average molecular weight is 457 g/mol. The Hall–Kier alpha value is -1.92. The summed E-state index contributed by atoms with van der Waals surface area (Å²) in [6.45, 7) is 1.10. The number of fused-ring (bicyclic) bond motifs is 3. The van der Waals surface area contributed by atoms with Crippen LogP contribution in [0.1, 0.15) is 76.2 Å². The lowest BCUT2D eigenvalue weighted by atomic mass is 9.51. The highest BCUT2D eigenvalue weighted by Gasteiger charge is 2.53. The summed E-state index contributed by atoms with van der Waals surface area (Å²) in [5.41, 5.74) is 7.30. The standard InChI is InChI=1S/C27H37FN2O3/c28-17-20(18-29)19-32-23-4-2-21(3-5-23)25-9-12-26(13-10-25,14-11-25)24(31)30-22-6-15-33-27(16-22)7-1-8-27/h2-5,17,22H,1,6-16,18-19,29H2,(H,30,31)/b20-17+. The van der Waals surface area contributed by atoms with E-state index in [2.05, 4.69) is 17.4 Å². The fraction of sp³-hybridized carbons (Fsp3) is 0.667. The van der Waals surface area contributed by atoms with Crippen LogP contribution in [-0.2, 0) is 14.9 Å². The van der Waals surface area contributed by atoms with E-state index in [1.54, 1.807) is 0 Å². The number of nitrogens with two attached hydrogens (primary N) is 1. The number of rotatable bonds is 7. The average Bonchev–Trinajstić information content (AvgIpc) is 2.85. The number of halogens is 1. The summed E-state index contributed by atoms with van der Waals surface area (Å²) in [5, 5.41) is 3.45. The molecule has 1 spiro atoms. The molecule has 1 amide bonds. The second-order valence-corrected chi connectivity index (χ2v) is 10.9. The predicted molar refractivity (Wildman–Crippen MR) is 126 cm³/mol. The van der Waals surface area contributed by atoms with Gasteiger partial charge in [-0.25, -0.2) is 4.39 Å². The molecule has 1 unspecified atom stereocenters. The highest BCUT2D eigenvalue weighted by molar-refractivity contribution is 5.83. The number of benzene rings is 1. The van der Waals surface area contributed by atoms with Gasteiger partial charge in [-0.2, -0.15) is 0 Å². The number of hydrogen-bond acceptors (Lipinski definition) is 4. The van der Waals surface area contributed by atoms with Crippen LogP contribution in [0, 0.1) is 5.41 Å². The van der Waals surface area contributed by atoms with Crippen molar-refractivity contribution in [1.29, 1.82) is 0 Å². The molecular weight excluding hydrogens is 419 g/mol. The van der Waals surface area contributed by atoms with Gasteiger partial charge >= 0.3 is 0 Å². The van der Waals surface area contributed by atoms with E-state index in [0.717, 1.165) is 76.6 Å². The Labute approximate surface area is 196 Å². The molecule has 5 nitrogen and oxygen atoms in total. The molecule has 1 saturated heterocycles. The first-order valence-electron chi connectivity index (χ1n) is 12.7. The molecule has 6 heteroatoms. The Morgan fingerprint density at radius 3 is 2.39 bits per heavy atom. The zero-order valence-electron chi connectivity index (χ0n) is 19.5. The lowest BCUT2D eigenvalue weighted by Crippen LogP contribution is -2.57. The van der Waals surface area contributed by atoms with Gasteiger partial charge < -0.3 is 20.5 Å². The molecule has 6 rings (SSSR count). The highest BCUT2D eigenvalue weighted by Crippen LogP contribution is 2.58. The second-order valence-electron chi connectivity index (χ2n) is 10.9. The summed E-state index contributed by atoms with van der Waals surface area (Å²) in [7, 11) is 0. The van der Waals surface area contributed by atoms with Crippen LogP contribution in [0.5, 0.6) is 5.75 Å². The zero-order chi connectivity index (χ0) is 22.9. The summed E-state index contributed by atoms with van der Waals surface area (Å²) in [6, 6.07) is 8.51. The summed E-state index contributed by atoms with van der Waals surface area (Å²) < 4.78 is 24.4. The van der Waals surface area contributed by atoms with Crippen LogP contribution >= 0.6 is 0 Å². The summed E-state index contributed by atoms with van der Waals surface area (Å²) in [4.78, 5) is 13.4. The van der Waals surface area contributed by atoms with E-state index in [1.165, 1.54) is 12.0 Å². The molecule has 33 heavy (non-hydrogen) atoms. The maximum atomic E-state index is 13.4. The van der Waals surface area contributed by atoms with Crippen molar-refractivity contribution in [1.82, 2.24) is 5.32 Å². The van der Waals surface area contributed by atoms with Crippen molar-refractivity contribution in [2.24, 2.45) is 11.1 Å². The third-order valence-corrected chi connectivity index (χ3v) is 9.13. The number of amides is 1. The van der Waals surface area contributed by atoms with Crippen LogP contribution in [0.25, 0.3) is 0 Å². The smallest absolute Gasteiger partial charge is 0.226 e. The fourth-order valence-electron chi connectivity index (χ4n) is 6.58. The monoisotopic (exact) mass is 456 g/mol.